The van der Waals surface area contributed by atoms with E-state index in [0.717, 1.165) is 23.1 Å². The summed E-state index contributed by atoms with van der Waals surface area (Å²) in [6, 6.07) is 15.0. The number of halogens is 5. The van der Waals surface area contributed by atoms with Crippen LogP contribution in [-0.4, -0.2) is 16.8 Å². The number of aliphatic hydroxyl groups is 1. The van der Waals surface area contributed by atoms with Crippen LogP contribution in [0.5, 0.6) is 0 Å². The zero-order chi connectivity index (χ0) is 23.9. The second kappa shape index (κ2) is 8.57. The first-order valence-corrected chi connectivity index (χ1v) is 10.3. The Morgan fingerprint density at radius 3 is 2.03 bits per heavy atom. The number of carbonyl (C=O) groups is 2. The number of ketones is 1. The van der Waals surface area contributed by atoms with Gasteiger partial charge in [0.25, 0.3) is 11.7 Å². The van der Waals surface area contributed by atoms with Crippen LogP contribution in [-0.2, 0) is 15.8 Å². The first kappa shape index (κ1) is 22.9. The van der Waals surface area contributed by atoms with Gasteiger partial charge in [0.2, 0.25) is 0 Å². The molecule has 0 spiro atoms. The molecule has 4 rings (SSSR count). The Labute approximate surface area is 196 Å². The molecule has 4 nitrogen and oxygen atoms in total. The topological polar surface area (TPSA) is 57.6 Å². The van der Waals surface area contributed by atoms with Gasteiger partial charge in [-0.25, -0.2) is 0 Å². The highest BCUT2D eigenvalue weighted by atomic mass is 35.5. The summed E-state index contributed by atoms with van der Waals surface area (Å²) in [4.78, 5) is 27.0. The lowest BCUT2D eigenvalue weighted by atomic mass is 9.95. The van der Waals surface area contributed by atoms with Crippen LogP contribution < -0.4 is 4.90 Å². The van der Waals surface area contributed by atoms with Crippen LogP contribution in [0.1, 0.15) is 22.7 Å². The number of benzene rings is 3. The molecule has 1 heterocycles. The van der Waals surface area contributed by atoms with E-state index in [1.54, 1.807) is 0 Å². The number of amides is 1. The molecule has 3 aromatic carbocycles. The van der Waals surface area contributed by atoms with Crippen molar-refractivity contribution >= 4 is 46.3 Å². The fourth-order valence-corrected chi connectivity index (χ4v) is 3.91. The van der Waals surface area contributed by atoms with Gasteiger partial charge in [0.05, 0.1) is 17.2 Å². The fourth-order valence-electron chi connectivity index (χ4n) is 3.65. The second-order valence-electron chi connectivity index (χ2n) is 7.28. The van der Waals surface area contributed by atoms with Gasteiger partial charge in [0.15, 0.2) is 0 Å². The summed E-state index contributed by atoms with van der Waals surface area (Å²) >= 11 is 11.9. The van der Waals surface area contributed by atoms with Crippen LogP contribution in [0.4, 0.5) is 18.9 Å². The average molecular weight is 492 g/mol. The summed E-state index contributed by atoms with van der Waals surface area (Å²) in [6.07, 6.45) is -4.65. The van der Waals surface area contributed by atoms with E-state index in [4.69, 9.17) is 23.2 Å². The third kappa shape index (κ3) is 4.34. The number of nitrogens with zero attached hydrogens (tertiary/aromatic N) is 1. The van der Waals surface area contributed by atoms with E-state index in [-0.39, 0.29) is 16.8 Å². The maximum atomic E-state index is 13.3. The number of anilines is 1. The van der Waals surface area contributed by atoms with Crippen molar-refractivity contribution in [3.8, 4) is 0 Å². The third-order valence-corrected chi connectivity index (χ3v) is 5.70. The number of Topliss-reactive ketones (excluding diaryl/α,β-unsaturated/α-hetero) is 1. The number of alkyl halides is 3. The van der Waals surface area contributed by atoms with Crippen molar-refractivity contribution in [2.24, 2.45) is 0 Å². The van der Waals surface area contributed by atoms with Crippen molar-refractivity contribution in [1.29, 1.82) is 0 Å². The van der Waals surface area contributed by atoms with Crippen LogP contribution in [0.15, 0.2) is 78.4 Å². The SMILES string of the molecule is O=C1C(=O)N(c2cccc(C(F)(F)F)c2)C(c2ccc(Cl)cc2)/C1=C(/O)c1ccc(Cl)cc1. The highest BCUT2D eigenvalue weighted by Crippen LogP contribution is 2.43. The lowest BCUT2D eigenvalue weighted by molar-refractivity contribution is -0.137. The van der Waals surface area contributed by atoms with E-state index in [1.165, 1.54) is 54.6 Å². The summed E-state index contributed by atoms with van der Waals surface area (Å²) < 4.78 is 39.9. The molecule has 1 amide bonds. The minimum atomic E-state index is -4.65. The van der Waals surface area contributed by atoms with Crippen molar-refractivity contribution < 1.29 is 27.9 Å². The Kier molecular flexibility index (Phi) is 5.95. The van der Waals surface area contributed by atoms with Crippen LogP contribution in [0, 0.1) is 0 Å². The van der Waals surface area contributed by atoms with Gasteiger partial charge in [-0.2, -0.15) is 13.2 Å². The quantitative estimate of drug-likeness (QED) is 0.254. The Morgan fingerprint density at radius 2 is 1.45 bits per heavy atom. The van der Waals surface area contributed by atoms with Crippen LogP contribution >= 0.6 is 23.2 Å². The molecular weight excluding hydrogens is 478 g/mol. The second-order valence-corrected chi connectivity index (χ2v) is 8.15. The summed E-state index contributed by atoms with van der Waals surface area (Å²) in [6.45, 7) is 0. The molecule has 0 bridgehead atoms. The number of carbonyl (C=O) groups excluding carboxylic acids is 2. The Balaban J connectivity index is 1.94. The van der Waals surface area contributed by atoms with Crippen molar-refractivity contribution in [1.82, 2.24) is 0 Å². The van der Waals surface area contributed by atoms with Gasteiger partial charge in [0.1, 0.15) is 5.76 Å². The zero-order valence-corrected chi connectivity index (χ0v) is 18.1. The molecule has 1 unspecified atom stereocenters. The summed E-state index contributed by atoms with van der Waals surface area (Å²) in [5.41, 5.74) is -0.773. The van der Waals surface area contributed by atoms with E-state index < -0.39 is 35.2 Å². The minimum Gasteiger partial charge on any atom is -0.507 e. The highest BCUT2D eigenvalue weighted by molar-refractivity contribution is 6.51. The number of aliphatic hydroxyl groups excluding tert-OH is 1. The molecule has 9 heteroatoms. The van der Waals surface area contributed by atoms with Gasteiger partial charge in [-0.15, -0.1) is 0 Å². The lowest BCUT2D eigenvalue weighted by Gasteiger charge is -2.26. The van der Waals surface area contributed by atoms with Gasteiger partial charge in [0, 0.05) is 21.3 Å². The normalized spacial score (nSPS) is 18.1. The molecule has 1 N–H and O–H groups in total. The molecular formula is C24H14Cl2F3NO3. The molecule has 168 valence electrons. The molecule has 3 aromatic rings. The van der Waals surface area contributed by atoms with E-state index in [1.807, 2.05) is 0 Å². The maximum Gasteiger partial charge on any atom is 0.416 e. The molecule has 1 atom stereocenters. The van der Waals surface area contributed by atoms with Crippen LogP contribution in [0.3, 0.4) is 0 Å². The number of hydrogen-bond donors (Lipinski definition) is 1. The van der Waals surface area contributed by atoms with Gasteiger partial charge in [-0.3, -0.25) is 14.5 Å². The molecule has 33 heavy (non-hydrogen) atoms. The number of hydrogen-bond acceptors (Lipinski definition) is 3. The van der Waals surface area contributed by atoms with Gasteiger partial charge in [-0.05, 0) is 60.2 Å². The van der Waals surface area contributed by atoms with Crippen molar-refractivity contribution in [2.45, 2.75) is 12.2 Å². The largest absolute Gasteiger partial charge is 0.507 e. The highest BCUT2D eigenvalue weighted by Gasteiger charge is 2.47. The summed E-state index contributed by atoms with van der Waals surface area (Å²) in [5.74, 6) is -2.57. The van der Waals surface area contributed by atoms with Gasteiger partial charge in [-0.1, -0.05) is 41.4 Å². The average Bonchev–Trinajstić information content (AvgIpc) is 3.04. The summed E-state index contributed by atoms with van der Waals surface area (Å²) in [7, 11) is 0. The Hall–Kier alpha value is -3.29. The Bertz CT molecular complexity index is 1270. The van der Waals surface area contributed by atoms with Crippen molar-refractivity contribution in [3.63, 3.8) is 0 Å². The first-order valence-electron chi connectivity index (χ1n) is 9.57. The Morgan fingerprint density at radius 1 is 0.879 bits per heavy atom. The molecule has 1 saturated heterocycles. The maximum absolute atomic E-state index is 13.3. The van der Waals surface area contributed by atoms with E-state index >= 15 is 0 Å². The summed E-state index contributed by atoms with van der Waals surface area (Å²) in [5, 5.41) is 11.7. The molecule has 1 aliphatic rings. The van der Waals surface area contributed by atoms with Crippen LogP contribution in [0.25, 0.3) is 5.76 Å². The van der Waals surface area contributed by atoms with Crippen molar-refractivity contribution in [3.05, 3.63) is 105 Å². The van der Waals surface area contributed by atoms with E-state index in [0.29, 0.717) is 15.6 Å². The molecule has 1 fully saturated rings. The lowest BCUT2D eigenvalue weighted by Crippen LogP contribution is -2.29. The third-order valence-electron chi connectivity index (χ3n) is 5.20. The predicted molar refractivity (Wildman–Crippen MR) is 119 cm³/mol. The van der Waals surface area contributed by atoms with Gasteiger partial charge < -0.3 is 5.11 Å². The minimum absolute atomic E-state index is 0.137. The number of rotatable bonds is 3. The molecule has 0 aliphatic carbocycles. The smallest absolute Gasteiger partial charge is 0.416 e. The first-order chi connectivity index (χ1) is 15.6. The van der Waals surface area contributed by atoms with E-state index in [2.05, 4.69) is 0 Å². The van der Waals surface area contributed by atoms with Crippen LogP contribution in [0.2, 0.25) is 10.0 Å². The molecule has 0 aromatic heterocycles. The zero-order valence-electron chi connectivity index (χ0n) is 16.6. The van der Waals surface area contributed by atoms with Crippen molar-refractivity contribution in [2.75, 3.05) is 4.90 Å². The molecule has 1 aliphatic heterocycles. The molecule has 0 radical (unpaired) electrons. The fraction of sp³-hybridized carbons (Fsp3) is 0.0833. The standard InChI is InChI=1S/C24H14Cl2F3NO3/c25-16-8-4-13(5-9-16)20-19(21(31)14-6-10-17(26)11-7-14)22(32)23(33)30(20)18-3-1-2-15(12-18)24(27,28)29/h1-12,20,31H/b21-19-. The van der Waals surface area contributed by atoms with Gasteiger partial charge >= 0.3 is 6.18 Å². The van der Waals surface area contributed by atoms with E-state index in [9.17, 15) is 27.9 Å². The molecule has 0 saturated carbocycles. The predicted octanol–water partition coefficient (Wildman–Crippen LogP) is 6.64. The monoisotopic (exact) mass is 491 g/mol.